The summed E-state index contributed by atoms with van der Waals surface area (Å²) in [5.41, 5.74) is 0. The molecule has 4 heteroatoms. The number of unbranched alkanes of at least 4 members (excludes halogenated alkanes) is 9. The van der Waals surface area contributed by atoms with Crippen LogP contribution in [0.25, 0.3) is 21.5 Å². The highest BCUT2D eigenvalue weighted by Crippen LogP contribution is 2.35. The largest absolute Gasteiger partial charge is 0.490 e. The lowest BCUT2D eigenvalue weighted by Gasteiger charge is -2.13. The van der Waals surface area contributed by atoms with Gasteiger partial charge in [-0.05, 0) is 47.9 Å². The van der Waals surface area contributed by atoms with Crippen molar-refractivity contribution in [3.05, 3.63) is 48.0 Å². The van der Waals surface area contributed by atoms with E-state index < -0.39 is 0 Å². The van der Waals surface area contributed by atoms with E-state index in [-0.39, 0.29) is 23.1 Å². The first kappa shape index (κ1) is 25.3. The van der Waals surface area contributed by atoms with Gasteiger partial charge in [-0.25, -0.2) is 8.78 Å². The van der Waals surface area contributed by atoms with Gasteiger partial charge >= 0.3 is 0 Å². The van der Waals surface area contributed by atoms with Gasteiger partial charge in [-0.3, -0.25) is 0 Å². The van der Waals surface area contributed by atoms with Crippen molar-refractivity contribution < 1.29 is 18.3 Å². The van der Waals surface area contributed by atoms with Crippen molar-refractivity contribution in [2.75, 3.05) is 13.2 Å². The van der Waals surface area contributed by atoms with E-state index in [2.05, 4.69) is 13.8 Å². The third kappa shape index (κ3) is 6.82. The molecule has 0 fully saturated rings. The summed E-state index contributed by atoms with van der Waals surface area (Å²) in [6.07, 6.45) is 12.6. The number of ether oxygens (including phenoxy) is 2. The zero-order valence-electron chi connectivity index (χ0n) is 20.2. The van der Waals surface area contributed by atoms with E-state index in [1.807, 2.05) is 12.1 Å². The molecular formula is C29H38F2O2. The third-order valence-corrected chi connectivity index (χ3v) is 6.26. The Morgan fingerprint density at radius 3 is 1.27 bits per heavy atom. The fourth-order valence-electron chi connectivity index (χ4n) is 4.28. The zero-order chi connectivity index (χ0) is 23.5. The molecule has 0 aromatic heterocycles. The number of hydrogen-bond donors (Lipinski definition) is 0. The summed E-state index contributed by atoms with van der Waals surface area (Å²) in [4.78, 5) is 0. The molecule has 0 saturated carbocycles. The van der Waals surface area contributed by atoms with Crippen LogP contribution in [-0.2, 0) is 0 Å². The van der Waals surface area contributed by atoms with Crippen LogP contribution in [0.2, 0.25) is 0 Å². The average Bonchev–Trinajstić information content (AvgIpc) is 2.83. The fraction of sp³-hybridized carbons (Fsp3) is 0.517. The molecule has 0 bridgehead atoms. The Hall–Kier alpha value is -2.36. The summed E-state index contributed by atoms with van der Waals surface area (Å²) in [5, 5.41) is 2.27. The Morgan fingerprint density at radius 1 is 0.485 bits per heavy atom. The van der Waals surface area contributed by atoms with Crippen LogP contribution in [0.5, 0.6) is 11.5 Å². The Kier molecular flexibility index (Phi) is 10.2. The van der Waals surface area contributed by atoms with Crippen molar-refractivity contribution in [3.8, 4) is 11.5 Å². The van der Waals surface area contributed by atoms with Gasteiger partial charge in [-0.2, -0.15) is 0 Å². The number of rotatable bonds is 15. The predicted molar refractivity (Wildman–Crippen MR) is 134 cm³/mol. The molecule has 180 valence electrons. The standard InChI is InChI=1S/C29H38F2O2/c1-3-5-7-9-11-13-21-33-27-19-17-23-22-16-18-26(32-20-12-10-8-6-4-2)28(30)24(22)14-15-25(23)29(27)31/h14-19H,3-13,20-21H2,1-2H3. The highest BCUT2D eigenvalue weighted by Gasteiger charge is 2.15. The molecular weight excluding hydrogens is 418 g/mol. The fourth-order valence-corrected chi connectivity index (χ4v) is 4.28. The lowest BCUT2D eigenvalue weighted by molar-refractivity contribution is 0.291. The number of hydrogen-bond acceptors (Lipinski definition) is 2. The molecule has 0 aliphatic heterocycles. The first-order valence-corrected chi connectivity index (χ1v) is 12.8. The third-order valence-electron chi connectivity index (χ3n) is 6.26. The maximum absolute atomic E-state index is 15.1. The van der Waals surface area contributed by atoms with Gasteiger partial charge in [-0.1, -0.05) is 83.8 Å². The lowest BCUT2D eigenvalue weighted by Crippen LogP contribution is -2.01. The Morgan fingerprint density at radius 2 is 0.848 bits per heavy atom. The van der Waals surface area contributed by atoms with Crippen LogP contribution in [0.4, 0.5) is 8.78 Å². The van der Waals surface area contributed by atoms with Crippen molar-refractivity contribution in [1.29, 1.82) is 0 Å². The first-order valence-electron chi connectivity index (χ1n) is 12.8. The molecule has 0 radical (unpaired) electrons. The van der Waals surface area contributed by atoms with E-state index in [4.69, 9.17) is 9.47 Å². The van der Waals surface area contributed by atoms with Crippen molar-refractivity contribution in [3.63, 3.8) is 0 Å². The SMILES string of the molecule is CCCCCCCCOc1ccc2c(ccc3c(F)c(OCCCCCCC)ccc32)c1F. The predicted octanol–water partition coefficient (Wildman–Crippen LogP) is 9.36. The molecule has 0 unspecified atom stereocenters. The Bertz CT molecular complexity index is 1020. The van der Waals surface area contributed by atoms with Crippen LogP contribution < -0.4 is 9.47 Å². The van der Waals surface area contributed by atoms with Gasteiger partial charge in [0.05, 0.1) is 13.2 Å². The highest BCUT2D eigenvalue weighted by atomic mass is 19.1. The average molecular weight is 457 g/mol. The van der Waals surface area contributed by atoms with Crippen molar-refractivity contribution >= 4 is 21.5 Å². The minimum atomic E-state index is -0.383. The summed E-state index contributed by atoms with van der Waals surface area (Å²) in [6, 6.07) is 10.2. The summed E-state index contributed by atoms with van der Waals surface area (Å²) >= 11 is 0. The second-order valence-corrected chi connectivity index (χ2v) is 8.89. The lowest BCUT2D eigenvalue weighted by atomic mass is 10.0. The maximum Gasteiger partial charge on any atom is 0.172 e. The minimum absolute atomic E-state index is 0.261. The van der Waals surface area contributed by atoms with Gasteiger partial charge in [0.15, 0.2) is 23.1 Å². The monoisotopic (exact) mass is 456 g/mol. The molecule has 0 spiro atoms. The van der Waals surface area contributed by atoms with E-state index in [0.29, 0.717) is 34.8 Å². The van der Waals surface area contributed by atoms with Gasteiger partial charge in [-0.15, -0.1) is 0 Å². The normalized spacial score (nSPS) is 11.4. The van der Waals surface area contributed by atoms with Gasteiger partial charge in [0, 0.05) is 10.8 Å². The maximum atomic E-state index is 15.1. The van der Waals surface area contributed by atoms with E-state index in [9.17, 15) is 0 Å². The van der Waals surface area contributed by atoms with Crippen LogP contribution >= 0.6 is 0 Å². The topological polar surface area (TPSA) is 18.5 Å². The molecule has 3 aromatic carbocycles. The molecule has 3 rings (SSSR count). The summed E-state index contributed by atoms with van der Waals surface area (Å²) in [7, 11) is 0. The summed E-state index contributed by atoms with van der Waals surface area (Å²) in [5.74, 6) is -0.240. The van der Waals surface area contributed by atoms with Gasteiger partial charge in [0.1, 0.15) is 0 Å². The highest BCUT2D eigenvalue weighted by molar-refractivity contribution is 6.08. The van der Waals surface area contributed by atoms with Crippen molar-refractivity contribution in [2.45, 2.75) is 84.5 Å². The van der Waals surface area contributed by atoms with Crippen LogP contribution in [0.1, 0.15) is 84.5 Å². The van der Waals surface area contributed by atoms with E-state index in [1.165, 1.54) is 44.9 Å². The zero-order valence-corrected chi connectivity index (χ0v) is 20.2. The number of benzene rings is 3. The van der Waals surface area contributed by atoms with Gasteiger partial charge in [0.25, 0.3) is 0 Å². The molecule has 0 amide bonds. The van der Waals surface area contributed by atoms with E-state index in [0.717, 1.165) is 25.7 Å². The van der Waals surface area contributed by atoms with Crippen LogP contribution in [-0.4, -0.2) is 13.2 Å². The number of halogens is 2. The quantitative estimate of drug-likeness (QED) is 0.167. The smallest absolute Gasteiger partial charge is 0.172 e. The number of fused-ring (bicyclic) bond motifs is 3. The minimum Gasteiger partial charge on any atom is -0.490 e. The summed E-state index contributed by atoms with van der Waals surface area (Å²) < 4.78 is 41.6. The molecule has 2 nitrogen and oxygen atoms in total. The van der Waals surface area contributed by atoms with Crippen molar-refractivity contribution in [1.82, 2.24) is 0 Å². The molecule has 0 saturated heterocycles. The van der Waals surface area contributed by atoms with Crippen molar-refractivity contribution in [2.24, 2.45) is 0 Å². The molecule has 3 aromatic rings. The van der Waals surface area contributed by atoms with E-state index >= 15 is 8.78 Å². The Balaban J connectivity index is 1.66. The van der Waals surface area contributed by atoms with Crippen LogP contribution in [0.3, 0.4) is 0 Å². The first-order chi connectivity index (χ1) is 16.2. The van der Waals surface area contributed by atoms with Crippen LogP contribution in [0.15, 0.2) is 36.4 Å². The van der Waals surface area contributed by atoms with Gasteiger partial charge in [0.2, 0.25) is 0 Å². The molecule has 0 heterocycles. The second-order valence-electron chi connectivity index (χ2n) is 8.89. The molecule has 0 N–H and O–H groups in total. The van der Waals surface area contributed by atoms with Gasteiger partial charge < -0.3 is 9.47 Å². The summed E-state index contributed by atoms with van der Waals surface area (Å²) in [6.45, 7) is 5.40. The molecule has 0 atom stereocenters. The van der Waals surface area contributed by atoms with E-state index in [1.54, 1.807) is 24.3 Å². The Labute approximate surface area is 197 Å². The second kappa shape index (κ2) is 13.4. The molecule has 33 heavy (non-hydrogen) atoms. The van der Waals surface area contributed by atoms with Crippen LogP contribution in [0, 0.1) is 11.6 Å². The molecule has 0 aliphatic rings. The molecule has 0 aliphatic carbocycles.